The summed E-state index contributed by atoms with van der Waals surface area (Å²) in [5.74, 6) is -1.17. The van der Waals surface area contributed by atoms with E-state index in [2.05, 4.69) is 22.1 Å². The number of thioether (sulfide) groups is 1. The minimum absolute atomic E-state index is 0.0955. The Bertz CT molecular complexity index is 1090. The zero-order chi connectivity index (χ0) is 23.0. The predicted molar refractivity (Wildman–Crippen MR) is 125 cm³/mol. The quantitative estimate of drug-likeness (QED) is 0.665. The van der Waals surface area contributed by atoms with Crippen LogP contribution >= 0.6 is 11.8 Å². The summed E-state index contributed by atoms with van der Waals surface area (Å²) < 4.78 is 34.2. The molecule has 2 atom stereocenters. The first kappa shape index (κ1) is 22.5. The highest BCUT2D eigenvalue weighted by molar-refractivity contribution is 8.15. The average Bonchev–Trinajstić information content (AvgIpc) is 3.22. The lowest BCUT2D eigenvalue weighted by molar-refractivity contribution is -0.134. The number of rotatable bonds is 4. The van der Waals surface area contributed by atoms with Crippen LogP contribution in [0.5, 0.6) is 0 Å². The van der Waals surface area contributed by atoms with Crippen molar-refractivity contribution in [2.24, 2.45) is 11.0 Å². The van der Waals surface area contributed by atoms with E-state index in [1.54, 1.807) is 0 Å². The summed E-state index contributed by atoms with van der Waals surface area (Å²) >= 11 is 1.39. The molecule has 0 saturated carbocycles. The van der Waals surface area contributed by atoms with Gasteiger partial charge in [-0.1, -0.05) is 36.0 Å². The molecule has 1 saturated heterocycles. The number of morpholine rings is 1. The maximum absolute atomic E-state index is 14.7. The van der Waals surface area contributed by atoms with Crippen molar-refractivity contribution in [1.82, 2.24) is 9.91 Å². The summed E-state index contributed by atoms with van der Waals surface area (Å²) in [6.07, 6.45) is 2.69. The molecule has 2 aromatic rings. The van der Waals surface area contributed by atoms with Gasteiger partial charge in [-0.05, 0) is 61.1 Å². The maximum Gasteiger partial charge on any atom is 0.241 e. The summed E-state index contributed by atoms with van der Waals surface area (Å²) in [5, 5.41) is 6.47. The Morgan fingerprint density at radius 3 is 2.79 bits per heavy atom. The molecule has 174 valence electrons. The minimum Gasteiger partial charge on any atom is -0.379 e. The van der Waals surface area contributed by atoms with Gasteiger partial charge in [-0.3, -0.25) is 9.69 Å². The Hall–Kier alpha value is -2.29. The van der Waals surface area contributed by atoms with Crippen LogP contribution in [0.1, 0.15) is 36.5 Å². The molecular weight excluding hydrogens is 444 g/mol. The van der Waals surface area contributed by atoms with Crippen molar-refractivity contribution in [3.8, 4) is 0 Å². The third kappa shape index (κ3) is 4.09. The molecule has 1 spiro atoms. The van der Waals surface area contributed by atoms with E-state index in [0.717, 1.165) is 75.9 Å². The monoisotopic (exact) mass is 471 g/mol. The Kier molecular flexibility index (Phi) is 6.24. The average molecular weight is 472 g/mol. The molecule has 8 heteroatoms. The third-order valence-electron chi connectivity index (χ3n) is 6.83. The predicted octanol–water partition coefficient (Wildman–Crippen LogP) is 4.36. The van der Waals surface area contributed by atoms with Gasteiger partial charge in [0.1, 0.15) is 21.5 Å². The third-order valence-corrected chi connectivity index (χ3v) is 8.36. The number of amides is 1. The molecule has 1 amide bonds. The number of benzene rings is 2. The van der Waals surface area contributed by atoms with E-state index in [9.17, 15) is 13.6 Å². The van der Waals surface area contributed by atoms with Gasteiger partial charge in [-0.2, -0.15) is 5.10 Å². The highest BCUT2D eigenvalue weighted by Crippen LogP contribution is 2.57. The molecule has 33 heavy (non-hydrogen) atoms. The molecule has 0 radical (unpaired) electrons. The fourth-order valence-corrected chi connectivity index (χ4v) is 6.86. The minimum atomic E-state index is -0.777. The van der Waals surface area contributed by atoms with E-state index in [-0.39, 0.29) is 17.4 Å². The Balaban J connectivity index is 1.55. The highest BCUT2D eigenvalue weighted by Gasteiger charge is 2.55. The fraction of sp³-hybridized carbons (Fsp3) is 0.440. The summed E-state index contributed by atoms with van der Waals surface area (Å²) in [6, 6.07) is 11.5. The Morgan fingerprint density at radius 1 is 1.21 bits per heavy atom. The van der Waals surface area contributed by atoms with Gasteiger partial charge < -0.3 is 4.74 Å². The van der Waals surface area contributed by atoms with Gasteiger partial charge in [0, 0.05) is 25.6 Å². The van der Waals surface area contributed by atoms with E-state index < -0.39 is 16.5 Å². The lowest BCUT2D eigenvalue weighted by Gasteiger charge is -2.46. The van der Waals surface area contributed by atoms with E-state index in [4.69, 9.17) is 4.74 Å². The normalized spacial score (nSPS) is 25.2. The van der Waals surface area contributed by atoms with Crippen LogP contribution in [0.2, 0.25) is 0 Å². The molecule has 2 aliphatic heterocycles. The van der Waals surface area contributed by atoms with Crippen LogP contribution in [0.4, 0.5) is 8.78 Å². The van der Waals surface area contributed by atoms with Crippen molar-refractivity contribution in [3.05, 3.63) is 70.8 Å². The molecule has 3 aliphatic rings. The lowest BCUT2D eigenvalue weighted by Crippen LogP contribution is -2.50. The first-order chi connectivity index (χ1) is 16.0. The fourth-order valence-electron chi connectivity index (χ4n) is 5.21. The molecule has 2 heterocycles. The van der Waals surface area contributed by atoms with Crippen LogP contribution in [-0.2, 0) is 20.8 Å². The van der Waals surface area contributed by atoms with Crippen molar-refractivity contribution < 1.29 is 18.3 Å². The number of carbonyl (C=O) groups is 1. The van der Waals surface area contributed by atoms with Gasteiger partial charge in [-0.15, -0.1) is 0 Å². The van der Waals surface area contributed by atoms with Gasteiger partial charge >= 0.3 is 0 Å². The second-order valence-corrected chi connectivity index (χ2v) is 10.0. The van der Waals surface area contributed by atoms with E-state index in [0.29, 0.717) is 5.04 Å². The van der Waals surface area contributed by atoms with Crippen molar-refractivity contribution in [3.63, 3.8) is 0 Å². The number of hydrazone groups is 1. The van der Waals surface area contributed by atoms with Crippen LogP contribution in [0.15, 0.2) is 47.6 Å². The number of hydrogen-bond donors (Lipinski definition) is 0. The summed E-state index contributed by atoms with van der Waals surface area (Å²) in [4.78, 5) is 14.5. The SMILES string of the molecule is CC(=O)N1N=C(c2cc(F)ccc2F)SC12c1ccccc1CCC2CCN1CCOCC1. The number of fused-ring (bicyclic) bond motifs is 2. The van der Waals surface area contributed by atoms with Gasteiger partial charge in [0.2, 0.25) is 5.91 Å². The number of ether oxygens (including phenoxy) is 1. The van der Waals surface area contributed by atoms with Crippen LogP contribution < -0.4 is 0 Å². The Labute approximate surface area is 196 Å². The van der Waals surface area contributed by atoms with Crippen molar-refractivity contribution >= 4 is 22.7 Å². The largest absolute Gasteiger partial charge is 0.379 e. The van der Waals surface area contributed by atoms with Gasteiger partial charge in [-0.25, -0.2) is 13.8 Å². The second-order valence-electron chi connectivity index (χ2n) is 8.79. The zero-order valence-corrected chi connectivity index (χ0v) is 19.4. The molecule has 5 rings (SSSR count). The summed E-state index contributed by atoms with van der Waals surface area (Å²) in [5.41, 5.74) is 2.31. The van der Waals surface area contributed by atoms with Crippen LogP contribution in [-0.4, -0.2) is 53.7 Å². The first-order valence-electron chi connectivity index (χ1n) is 11.4. The van der Waals surface area contributed by atoms with Crippen molar-refractivity contribution in [2.45, 2.75) is 31.1 Å². The number of carbonyl (C=O) groups excluding carboxylic acids is 1. The highest BCUT2D eigenvalue weighted by atomic mass is 32.2. The van der Waals surface area contributed by atoms with Gasteiger partial charge in [0.05, 0.1) is 13.2 Å². The zero-order valence-electron chi connectivity index (χ0n) is 18.6. The molecule has 0 aromatic heterocycles. The standard InChI is InChI=1S/C25H27F2N3O2S/c1-17(31)30-25(33-24(28-30)21-16-20(26)8-9-23(21)27)19(10-11-29-12-14-32-15-13-29)7-6-18-4-2-3-5-22(18)25/h2-5,8-9,16,19H,6-7,10-15H2,1H3. The number of aryl methyl sites for hydroxylation is 1. The molecular formula is C25H27F2N3O2S. The smallest absolute Gasteiger partial charge is 0.241 e. The first-order valence-corrected chi connectivity index (χ1v) is 12.2. The van der Waals surface area contributed by atoms with Crippen molar-refractivity contribution in [1.29, 1.82) is 0 Å². The molecule has 0 N–H and O–H groups in total. The van der Waals surface area contributed by atoms with Crippen LogP contribution in [0.3, 0.4) is 0 Å². The van der Waals surface area contributed by atoms with E-state index in [1.165, 1.54) is 29.3 Å². The molecule has 5 nitrogen and oxygen atoms in total. The van der Waals surface area contributed by atoms with Crippen LogP contribution in [0, 0.1) is 17.6 Å². The van der Waals surface area contributed by atoms with Gasteiger partial charge in [0.15, 0.2) is 0 Å². The van der Waals surface area contributed by atoms with Crippen molar-refractivity contribution in [2.75, 3.05) is 32.8 Å². The molecule has 0 bridgehead atoms. The van der Waals surface area contributed by atoms with Gasteiger partial charge in [0.25, 0.3) is 0 Å². The summed E-state index contributed by atoms with van der Waals surface area (Å²) in [7, 11) is 0. The number of hydrogen-bond acceptors (Lipinski definition) is 5. The molecule has 1 fully saturated rings. The topological polar surface area (TPSA) is 45.1 Å². The number of halogens is 2. The number of nitrogens with zero attached hydrogens (tertiary/aromatic N) is 3. The molecule has 2 aromatic carbocycles. The molecule has 1 aliphatic carbocycles. The van der Waals surface area contributed by atoms with E-state index >= 15 is 0 Å². The second kappa shape index (κ2) is 9.16. The Morgan fingerprint density at radius 2 is 2.00 bits per heavy atom. The molecule has 2 unspecified atom stereocenters. The van der Waals surface area contributed by atoms with Crippen LogP contribution in [0.25, 0.3) is 0 Å². The lowest BCUT2D eigenvalue weighted by atomic mass is 9.77. The summed E-state index contributed by atoms with van der Waals surface area (Å²) in [6.45, 7) is 5.66. The van der Waals surface area contributed by atoms with E-state index in [1.807, 2.05) is 12.1 Å². The maximum atomic E-state index is 14.7.